The second kappa shape index (κ2) is 3.88. The molecule has 1 aromatic carbocycles. The molecule has 0 saturated carbocycles. The molecule has 0 bridgehead atoms. The van der Waals surface area contributed by atoms with Gasteiger partial charge in [0.2, 0.25) is 0 Å². The van der Waals surface area contributed by atoms with Crippen molar-refractivity contribution in [3.63, 3.8) is 0 Å². The van der Waals surface area contributed by atoms with Gasteiger partial charge in [0, 0.05) is 17.2 Å². The molecule has 94 valence electrons. The van der Waals surface area contributed by atoms with E-state index in [2.05, 4.69) is 0 Å². The Kier molecular flexibility index (Phi) is 2.63. The van der Waals surface area contributed by atoms with E-state index < -0.39 is 16.7 Å². The van der Waals surface area contributed by atoms with E-state index in [1.807, 2.05) is 0 Å². The minimum atomic E-state index is -0.915. The third-order valence-corrected chi connectivity index (χ3v) is 2.91. The Hall–Kier alpha value is -2.28. The molecule has 0 heterocycles. The number of fused-ring (bicyclic) bond motifs is 1. The molecule has 0 fully saturated rings. The van der Waals surface area contributed by atoms with Crippen molar-refractivity contribution in [2.24, 2.45) is 0 Å². The first-order valence-electron chi connectivity index (χ1n) is 5.17. The van der Waals surface area contributed by atoms with Gasteiger partial charge in [-0.25, -0.2) is 0 Å². The minimum absolute atomic E-state index is 0.0691. The number of nitro groups is 1. The van der Waals surface area contributed by atoms with Gasteiger partial charge in [-0.1, -0.05) is 0 Å². The van der Waals surface area contributed by atoms with Crippen molar-refractivity contribution in [3.05, 3.63) is 33.4 Å². The van der Waals surface area contributed by atoms with Crippen LogP contribution in [0.1, 0.15) is 20.7 Å². The zero-order valence-corrected chi connectivity index (χ0v) is 9.84. The fourth-order valence-corrected chi connectivity index (χ4v) is 2.05. The van der Waals surface area contributed by atoms with Crippen molar-refractivity contribution >= 4 is 22.9 Å². The molecule has 7 nitrogen and oxygen atoms in total. The maximum absolute atomic E-state index is 12.0. The van der Waals surface area contributed by atoms with Crippen LogP contribution in [0.3, 0.4) is 0 Å². The lowest BCUT2D eigenvalue weighted by Gasteiger charge is -2.14. The molecule has 0 radical (unpaired) electrons. The molecule has 2 rings (SSSR count). The lowest BCUT2D eigenvalue weighted by Crippen LogP contribution is -2.37. The lowest BCUT2D eigenvalue weighted by molar-refractivity contribution is -0.383. The maximum atomic E-state index is 12.0. The van der Waals surface area contributed by atoms with E-state index in [0.717, 1.165) is 6.07 Å². The van der Waals surface area contributed by atoms with Gasteiger partial charge in [0.05, 0.1) is 4.92 Å². The number of carbonyl (C=O) groups excluding carboxylic acids is 2. The Labute approximate surface area is 102 Å². The van der Waals surface area contributed by atoms with Crippen molar-refractivity contribution in [1.29, 1.82) is 0 Å². The number of benzene rings is 1. The van der Waals surface area contributed by atoms with Crippen molar-refractivity contribution in [2.75, 3.05) is 19.8 Å². The zero-order chi connectivity index (χ0) is 13.6. The van der Waals surface area contributed by atoms with Crippen LogP contribution >= 0.6 is 0 Å². The number of hydrogen-bond acceptors (Lipinski definition) is 6. The normalized spacial score (nSPS) is 18.3. The topological polar surface area (TPSA) is 107 Å². The van der Waals surface area contributed by atoms with Crippen molar-refractivity contribution < 1.29 is 14.5 Å². The summed E-state index contributed by atoms with van der Waals surface area (Å²) in [6, 6.07) is 1.37. The Morgan fingerprint density at radius 3 is 2.17 bits per heavy atom. The summed E-state index contributed by atoms with van der Waals surface area (Å²) in [7, 11) is 3.20. The number of ketones is 2. The second-order valence-corrected chi connectivity index (χ2v) is 4.31. The van der Waals surface area contributed by atoms with Crippen molar-refractivity contribution in [1.82, 2.24) is 4.90 Å². The van der Waals surface area contributed by atoms with Gasteiger partial charge in [0.1, 0.15) is 11.7 Å². The van der Waals surface area contributed by atoms with E-state index in [-0.39, 0.29) is 28.3 Å². The second-order valence-electron chi connectivity index (χ2n) is 4.31. The van der Waals surface area contributed by atoms with Crippen molar-refractivity contribution in [3.8, 4) is 0 Å². The van der Waals surface area contributed by atoms with Gasteiger partial charge >= 0.3 is 0 Å². The monoisotopic (exact) mass is 249 g/mol. The van der Waals surface area contributed by atoms with Crippen molar-refractivity contribution in [2.45, 2.75) is 6.04 Å². The number of Topliss-reactive ketones (excluding diaryl/α,β-unsaturated/α-hetero) is 2. The summed E-state index contributed by atoms with van der Waals surface area (Å²) in [5.41, 5.74) is 5.26. The van der Waals surface area contributed by atoms with Crippen LogP contribution in [0.15, 0.2) is 12.1 Å². The molecule has 18 heavy (non-hydrogen) atoms. The fraction of sp³-hybridized carbons (Fsp3) is 0.273. The van der Waals surface area contributed by atoms with E-state index in [1.54, 1.807) is 14.1 Å². The number of nitrogens with zero attached hydrogens (tertiary/aromatic N) is 2. The molecule has 0 spiro atoms. The molecule has 0 aromatic heterocycles. The number of anilines is 1. The highest BCUT2D eigenvalue weighted by Crippen LogP contribution is 2.32. The van der Waals surface area contributed by atoms with Gasteiger partial charge in [-0.05, 0) is 20.2 Å². The molecule has 7 heteroatoms. The van der Waals surface area contributed by atoms with Crippen LogP contribution in [0.25, 0.3) is 0 Å². The zero-order valence-electron chi connectivity index (χ0n) is 9.84. The third-order valence-electron chi connectivity index (χ3n) is 2.91. The summed E-state index contributed by atoms with van der Waals surface area (Å²) in [4.78, 5) is 35.6. The highest BCUT2D eigenvalue weighted by atomic mass is 16.6. The highest BCUT2D eigenvalue weighted by Gasteiger charge is 2.41. The van der Waals surface area contributed by atoms with Gasteiger partial charge < -0.3 is 5.73 Å². The lowest BCUT2D eigenvalue weighted by atomic mass is 10.1. The molecule has 0 aliphatic heterocycles. The predicted octanol–water partition coefficient (Wildman–Crippen LogP) is 0.486. The van der Waals surface area contributed by atoms with Crippen LogP contribution in [0, 0.1) is 10.1 Å². The van der Waals surface area contributed by atoms with E-state index in [1.165, 1.54) is 11.0 Å². The van der Waals surface area contributed by atoms with Gasteiger partial charge in [-0.2, -0.15) is 0 Å². The molecule has 0 amide bonds. The number of carbonyl (C=O) groups is 2. The number of nitrogens with two attached hydrogens (primary N) is 1. The highest BCUT2D eigenvalue weighted by molar-refractivity contribution is 6.29. The predicted molar refractivity (Wildman–Crippen MR) is 63.6 cm³/mol. The molecule has 0 saturated heterocycles. The van der Waals surface area contributed by atoms with Gasteiger partial charge in [-0.15, -0.1) is 0 Å². The molecule has 1 aliphatic rings. The Morgan fingerprint density at radius 1 is 1.22 bits per heavy atom. The molecular formula is C11H11N3O4. The maximum Gasteiger partial charge on any atom is 0.292 e. The summed E-state index contributed by atoms with van der Waals surface area (Å²) in [5.74, 6) is -0.801. The molecule has 1 unspecified atom stereocenters. The first-order chi connectivity index (χ1) is 8.34. The third kappa shape index (κ3) is 1.56. The van der Waals surface area contributed by atoms with Crippen LogP contribution in [-0.2, 0) is 0 Å². The first-order valence-corrected chi connectivity index (χ1v) is 5.17. The molecule has 2 N–H and O–H groups in total. The fourth-order valence-electron chi connectivity index (χ4n) is 2.05. The van der Waals surface area contributed by atoms with E-state index in [4.69, 9.17) is 5.73 Å². The first kappa shape index (κ1) is 12.2. The molecule has 1 aromatic rings. The van der Waals surface area contributed by atoms with Crippen LogP contribution < -0.4 is 5.73 Å². The summed E-state index contributed by atoms with van der Waals surface area (Å²) in [6.07, 6.45) is 0. The Morgan fingerprint density at radius 2 is 1.72 bits per heavy atom. The summed E-state index contributed by atoms with van der Waals surface area (Å²) in [6.45, 7) is 0. The SMILES string of the molecule is CN(C)C1C(=O)c2cc(N)c([N+](=O)[O-])cc2C1=O. The smallest absolute Gasteiger partial charge is 0.292 e. The number of likely N-dealkylation sites (N-methyl/N-ethyl adjacent to an activating group) is 1. The van der Waals surface area contributed by atoms with E-state index in [9.17, 15) is 19.7 Å². The summed E-state index contributed by atoms with van der Waals surface area (Å²) in [5, 5.41) is 10.7. The Bertz CT molecular complexity index is 580. The van der Waals surface area contributed by atoms with E-state index in [0.29, 0.717) is 0 Å². The summed E-state index contributed by atoms with van der Waals surface area (Å²) >= 11 is 0. The van der Waals surface area contributed by atoms with Crippen LogP contribution in [0.4, 0.5) is 11.4 Å². The average Bonchev–Trinajstić information content (AvgIpc) is 2.49. The van der Waals surface area contributed by atoms with E-state index >= 15 is 0 Å². The number of rotatable bonds is 2. The number of nitro benzene ring substituents is 1. The molecular weight excluding hydrogens is 238 g/mol. The summed E-state index contributed by atoms with van der Waals surface area (Å²) < 4.78 is 0. The van der Waals surface area contributed by atoms with Crippen LogP contribution in [0.5, 0.6) is 0 Å². The van der Waals surface area contributed by atoms with Crippen LogP contribution in [-0.4, -0.2) is 41.5 Å². The van der Waals surface area contributed by atoms with Crippen LogP contribution in [0.2, 0.25) is 0 Å². The van der Waals surface area contributed by atoms with Gasteiger partial charge in [0.15, 0.2) is 11.6 Å². The molecule has 1 aliphatic carbocycles. The standard InChI is InChI=1S/C11H11N3O4/c1-13(2)9-10(15)5-3-7(12)8(14(17)18)4-6(5)11(9)16/h3-4,9H,12H2,1-2H3. The van der Waals surface area contributed by atoms with Gasteiger partial charge in [-0.3, -0.25) is 24.6 Å². The Balaban J connectivity index is 2.63. The average molecular weight is 249 g/mol. The quantitative estimate of drug-likeness (QED) is 0.353. The molecule has 1 atom stereocenters. The number of nitrogen functional groups attached to an aromatic ring is 1. The number of hydrogen-bond donors (Lipinski definition) is 1. The van der Waals surface area contributed by atoms with Gasteiger partial charge in [0.25, 0.3) is 5.69 Å². The minimum Gasteiger partial charge on any atom is -0.393 e. The largest absolute Gasteiger partial charge is 0.393 e.